The van der Waals surface area contributed by atoms with E-state index in [9.17, 15) is 4.79 Å². The molecule has 0 fully saturated rings. The van der Waals surface area contributed by atoms with Gasteiger partial charge < -0.3 is 10.6 Å². The first-order valence-corrected chi connectivity index (χ1v) is 6.32. The third kappa shape index (κ3) is 4.07. The molecule has 18 heavy (non-hydrogen) atoms. The first-order chi connectivity index (χ1) is 8.56. The van der Waals surface area contributed by atoms with Crippen molar-refractivity contribution in [1.29, 1.82) is 0 Å². The minimum absolute atomic E-state index is 0.0881. The van der Waals surface area contributed by atoms with Gasteiger partial charge in [-0.05, 0) is 32.9 Å². The maximum atomic E-state index is 12.0. The second kappa shape index (κ2) is 7.06. The molecule has 0 saturated heterocycles. The molecular formula is C13H22N4O. The quantitative estimate of drug-likeness (QED) is 0.746. The predicted octanol–water partition coefficient (Wildman–Crippen LogP) is 1.25. The summed E-state index contributed by atoms with van der Waals surface area (Å²) >= 11 is 0. The van der Waals surface area contributed by atoms with Gasteiger partial charge in [0.1, 0.15) is 5.82 Å². The highest BCUT2D eigenvalue weighted by Gasteiger charge is 2.15. The number of aryl methyl sites for hydroxylation is 1. The fraction of sp³-hybridized carbons (Fsp3) is 0.615. The molecule has 0 spiro atoms. The molecule has 5 heteroatoms. The van der Waals surface area contributed by atoms with Crippen molar-refractivity contribution in [3.05, 3.63) is 23.3 Å². The summed E-state index contributed by atoms with van der Waals surface area (Å²) in [5, 5.41) is 5.93. The number of carbonyl (C=O) groups is 1. The smallest absolute Gasteiger partial charge is 0.254 e. The highest BCUT2D eigenvalue weighted by Crippen LogP contribution is 2.16. The lowest BCUT2D eigenvalue weighted by atomic mass is 10.0. The molecule has 0 saturated carbocycles. The second-order valence-electron chi connectivity index (χ2n) is 4.58. The number of amides is 1. The number of nitrogens with zero attached hydrogens (tertiary/aromatic N) is 2. The van der Waals surface area contributed by atoms with E-state index in [1.807, 2.05) is 27.8 Å². The molecule has 0 atom stereocenters. The van der Waals surface area contributed by atoms with Crippen molar-refractivity contribution in [1.82, 2.24) is 20.6 Å². The van der Waals surface area contributed by atoms with E-state index in [-0.39, 0.29) is 11.8 Å². The Labute approximate surface area is 108 Å². The van der Waals surface area contributed by atoms with Gasteiger partial charge in [0, 0.05) is 12.7 Å². The van der Waals surface area contributed by atoms with E-state index in [1.165, 1.54) is 0 Å². The van der Waals surface area contributed by atoms with Gasteiger partial charge in [-0.3, -0.25) is 4.79 Å². The first kappa shape index (κ1) is 14.6. The lowest BCUT2D eigenvalue weighted by molar-refractivity contribution is 0.0951. The van der Waals surface area contributed by atoms with Gasteiger partial charge in [0.2, 0.25) is 0 Å². The fourth-order valence-electron chi connectivity index (χ4n) is 1.66. The summed E-state index contributed by atoms with van der Waals surface area (Å²) < 4.78 is 0. The largest absolute Gasteiger partial charge is 0.352 e. The van der Waals surface area contributed by atoms with Crippen LogP contribution >= 0.6 is 0 Å². The van der Waals surface area contributed by atoms with Gasteiger partial charge in [0.05, 0.1) is 11.3 Å². The van der Waals surface area contributed by atoms with Gasteiger partial charge in [-0.15, -0.1) is 0 Å². The van der Waals surface area contributed by atoms with Gasteiger partial charge in [-0.25, -0.2) is 9.97 Å². The summed E-state index contributed by atoms with van der Waals surface area (Å²) in [4.78, 5) is 20.5. The number of nitrogens with one attached hydrogen (secondary N) is 2. The molecule has 100 valence electrons. The standard InChI is InChI=1S/C13H22N4O/c1-9(2)12-11(8-16-10(3)17-12)13(18)15-7-5-6-14-4/h8-9,14H,5-7H2,1-4H3,(H,15,18). The van der Waals surface area contributed by atoms with Gasteiger partial charge in [0.25, 0.3) is 5.91 Å². The fourth-order valence-corrected chi connectivity index (χ4v) is 1.66. The van der Waals surface area contributed by atoms with E-state index < -0.39 is 0 Å². The SMILES string of the molecule is CNCCCNC(=O)c1cnc(C)nc1C(C)C. The number of aromatic nitrogens is 2. The maximum Gasteiger partial charge on any atom is 0.254 e. The minimum atomic E-state index is -0.0881. The molecule has 1 aromatic heterocycles. The zero-order valence-electron chi connectivity index (χ0n) is 11.6. The van der Waals surface area contributed by atoms with E-state index in [2.05, 4.69) is 20.6 Å². The van der Waals surface area contributed by atoms with Crippen LogP contribution in [0.4, 0.5) is 0 Å². The lowest BCUT2D eigenvalue weighted by Crippen LogP contribution is -2.28. The third-order valence-electron chi connectivity index (χ3n) is 2.62. The molecule has 1 amide bonds. The van der Waals surface area contributed by atoms with E-state index >= 15 is 0 Å². The van der Waals surface area contributed by atoms with Crippen molar-refractivity contribution < 1.29 is 4.79 Å². The van der Waals surface area contributed by atoms with Crippen LogP contribution in [0.2, 0.25) is 0 Å². The van der Waals surface area contributed by atoms with Crippen LogP contribution in [-0.4, -0.2) is 36.0 Å². The Kier molecular flexibility index (Phi) is 5.71. The van der Waals surface area contributed by atoms with Crippen molar-refractivity contribution in [3.63, 3.8) is 0 Å². The van der Waals surface area contributed by atoms with Crippen molar-refractivity contribution in [2.24, 2.45) is 0 Å². The Morgan fingerprint density at radius 2 is 2.11 bits per heavy atom. The Balaban J connectivity index is 2.72. The molecule has 2 N–H and O–H groups in total. The third-order valence-corrected chi connectivity index (χ3v) is 2.62. The van der Waals surface area contributed by atoms with Crippen molar-refractivity contribution in [3.8, 4) is 0 Å². The predicted molar refractivity (Wildman–Crippen MR) is 71.7 cm³/mol. The number of carbonyl (C=O) groups excluding carboxylic acids is 1. The van der Waals surface area contributed by atoms with Crippen LogP contribution in [0.3, 0.4) is 0 Å². The molecule has 1 aromatic rings. The van der Waals surface area contributed by atoms with Crippen molar-refractivity contribution in [2.45, 2.75) is 33.1 Å². The zero-order valence-corrected chi connectivity index (χ0v) is 11.6. The van der Waals surface area contributed by atoms with Gasteiger partial charge in [-0.2, -0.15) is 0 Å². The summed E-state index contributed by atoms with van der Waals surface area (Å²) in [6.07, 6.45) is 2.52. The van der Waals surface area contributed by atoms with Crippen LogP contribution in [0.15, 0.2) is 6.20 Å². The minimum Gasteiger partial charge on any atom is -0.352 e. The normalized spacial score (nSPS) is 10.7. The molecule has 5 nitrogen and oxygen atoms in total. The van der Waals surface area contributed by atoms with E-state index in [0.29, 0.717) is 17.9 Å². The average molecular weight is 250 g/mol. The maximum absolute atomic E-state index is 12.0. The van der Waals surface area contributed by atoms with Crippen LogP contribution in [-0.2, 0) is 0 Å². The molecule has 0 aliphatic heterocycles. The van der Waals surface area contributed by atoms with Crippen LogP contribution in [0.1, 0.15) is 48.1 Å². The zero-order chi connectivity index (χ0) is 13.5. The molecule has 1 rings (SSSR count). The van der Waals surface area contributed by atoms with Crippen molar-refractivity contribution >= 4 is 5.91 Å². The summed E-state index contributed by atoms with van der Waals surface area (Å²) in [6, 6.07) is 0. The van der Waals surface area contributed by atoms with E-state index in [0.717, 1.165) is 18.7 Å². The second-order valence-corrected chi connectivity index (χ2v) is 4.58. The lowest BCUT2D eigenvalue weighted by Gasteiger charge is -2.12. The molecule has 0 aromatic carbocycles. The highest BCUT2D eigenvalue weighted by atomic mass is 16.1. The van der Waals surface area contributed by atoms with Crippen LogP contribution in [0.5, 0.6) is 0 Å². The summed E-state index contributed by atoms with van der Waals surface area (Å²) in [5.41, 5.74) is 1.40. The summed E-state index contributed by atoms with van der Waals surface area (Å²) in [6.45, 7) is 7.44. The summed E-state index contributed by atoms with van der Waals surface area (Å²) in [7, 11) is 1.90. The van der Waals surface area contributed by atoms with Crippen molar-refractivity contribution in [2.75, 3.05) is 20.1 Å². The van der Waals surface area contributed by atoms with E-state index in [1.54, 1.807) is 6.20 Å². The molecule has 0 unspecified atom stereocenters. The Hall–Kier alpha value is -1.49. The number of rotatable bonds is 6. The number of hydrogen-bond donors (Lipinski definition) is 2. The molecule has 0 radical (unpaired) electrons. The molecule has 0 aliphatic carbocycles. The Morgan fingerprint density at radius 3 is 2.72 bits per heavy atom. The highest BCUT2D eigenvalue weighted by molar-refractivity contribution is 5.95. The Bertz CT molecular complexity index is 404. The van der Waals surface area contributed by atoms with Gasteiger partial charge in [0.15, 0.2) is 0 Å². The monoisotopic (exact) mass is 250 g/mol. The van der Waals surface area contributed by atoms with Crippen LogP contribution in [0, 0.1) is 6.92 Å². The van der Waals surface area contributed by atoms with Gasteiger partial charge in [-0.1, -0.05) is 13.8 Å². The average Bonchev–Trinajstić information content (AvgIpc) is 2.34. The van der Waals surface area contributed by atoms with Crippen LogP contribution < -0.4 is 10.6 Å². The molecule has 0 aliphatic rings. The summed E-state index contributed by atoms with van der Waals surface area (Å²) in [5.74, 6) is 0.824. The number of hydrogen-bond acceptors (Lipinski definition) is 4. The molecule has 0 bridgehead atoms. The molecular weight excluding hydrogens is 228 g/mol. The van der Waals surface area contributed by atoms with Gasteiger partial charge >= 0.3 is 0 Å². The first-order valence-electron chi connectivity index (χ1n) is 6.32. The van der Waals surface area contributed by atoms with Crippen LogP contribution in [0.25, 0.3) is 0 Å². The molecule has 1 heterocycles. The Morgan fingerprint density at radius 1 is 1.39 bits per heavy atom. The topological polar surface area (TPSA) is 66.9 Å². The van der Waals surface area contributed by atoms with E-state index in [4.69, 9.17) is 0 Å².